The third-order valence-corrected chi connectivity index (χ3v) is 7.86. The second-order valence-electron chi connectivity index (χ2n) is 8.97. The van der Waals surface area contributed by atoms with Crippen LogP contribution in [0.15, 0.2) is 29.2 Å². The highest BCUT2D eigenvalue weighted by Gasteiger charge is 2.51. The molecule has 7 nitrogen and oxygen atoms in total. The first-order chi connectivity index (χ1) is 13.7. The van der Waals surface area contributed by atoms with Gasteiger partial charge in [-0.3, -0.25) is 9.59 Å². The Morgan fingerprint density at radius 3 is 2.14 bits per heavy atom. The first-order valence-corrected chi connectivity index (χ1v) is 11.8. The lowest BCUT2D eigenvalue weighted by Gasteiger charge is -2.53. The highest BCUT2D eigenvalue weighted by atomic mass is 32.2. The van der Waals surface area contributed by atoms with Gasteiger partial charge in [0.2, 0.25) is 10.0 Å². The van der Waals surface area contributed by atoms with Crippen LogP contribution in [0.5, 0.6) is 0 Å². The summed E-state index contributed by atoms with van der Waals surface area (Å²) in [6, 6.07) is 5.66. The summed E-state index contributed by atoms with van der Waals surface area (Å²) in [6.45, 7) is 1.49. The smallest absolute Gasteiger partial charge is 0.310 e. The summed E-state index contributed by atoms with van der Waals surface area (Å²) in [5, 5.41) is 7.87. The molecule has 1 amide bonds. The van der Waals surface area contributed by atoms with E-state index in [1.807, 2.05) is 0 Å². The minimum Gasteiger partial charge on any atom is -0.455 e. The Balaban J connectivity index is 1.28. The molecule has 0 saturated heterocycles. The molecule has 1 atom stereocenters. The standard InChI is InChI=1S/C21H28N2O5S/c1-12(15-2-4-18(5-3-15)29(22,26)27)23-19(24)11-28-21(25)20-16-7-13-6-14(9-16)10-17(20)8-13/h2-5,12-14,16-17,20H,6-11H2,1H3,(H,23,24)(H2,22,26,27)/t12-,13?,14?,16?,17?,20?/m0/s1. The molecule has 4 fully saturated rings. The minimum absolute atomic E-state index is 0.0179. The van der Waals surface area contributed by atoms with E-state index in [1.54, 1.807) is 19.1 Å². The fraction of sp³-hybridized carbons (Fsp3) is 0.619. The van der Waals surface area contributed by atoms with E-state index < -0.39 is 10.0 Å². The summed E-state index contributed by atoms with van der Waals surface area (Å²) in [4.78, 5) is 24.9. The number of sulfonamides is 1. The number of nitrogens with two attached hydrogens (primary N) is 1. The molecule has 29 heavy (non-hydrogen) atoms. The van der Waals surface area contributed by atoms with Gasteiger partial charge >= 0.3 is 5.97 Å². The van der Waals surface area contributed by atoms with Gasteiger partial charge in [0.15, 0.2) is 6.61 Å². The number of benzene rings is 1. The van der Waals surface area contributed by atoms with Crippen molar-refractivity contribution in [1.29, 1.82) is 0 Å². The Bertz CT molecular complexity index is 868. The van der Waals surface area contributed by atoms with Crippen molar-refractivity contribution in [1.82, 2.24) is 5.32 Å². The number of esters is 1. The van der Waals surface area contributed by atoms with Crippen molar-refractivity contribution in [2.24, 2.45) is 34.7 Å². The average molecular weight is 421 g/mol. The lowest BCUT2D eigenvalue weighted by atomic mass is 9.52. The lowest BCUT2D eigenvalue weighted by Crippen LogP contribution is -2.48. The molecule has 5 rings (SSSR count). The topological polar surface area (TPSA) is 116 Å². The molecule has 4 aliphatic carbocycles. The van der Waals surface area contributed by atoms with Crippen LogP contribution in [0.1, 0.15) is 50.6 Å². The first-order valence-electron chi connectivity index (χ1n) is 10.3. The molecular weight excluding hydrogens is 392 g/mol. The van der Waals surface area contributed by atoms with Gasteiger partial charge in [0.1, 0.15) is 0 Å². The van der Waals surface area contributed by atoms with Gasteiger partial charge in [-0.25, -0.2) is 13.6 Å². The average Bonchev–Trinajstić information content (AvgIpc) is 2.65. The molecule has 1 aromatic rings. The van der Waals surface area contributed by atoms with Crippen molar-refractivity contribution in [3.8, 4) is 0 Å². The molecule has 1 aromatic carbocycles. The minimum atomic E-state index is -3.75. The van der Waals surface area contributed by atoms with Gasteiger partial charge in [-0.2, -0.15) is 0 Å². The number of primary sulfonamides is 1. The fourth-order valence-corrected chi connectivity index (χ4v) is 6.37. The largest absolute Gasteiger partial charge is 0.455 e. The van der Waals surface area contributed by atoms with Crippen LogP contribution in [0.4, 0.5) is 0 Å². The van der Waals surface area contributed by atoms with E-state index in [-0.39, 0.29) is 35.3 Å². The maximum atomic E-state index is 12.7. The van der Waals surface area contributed by atoms with Crippen molar-refractivity contribution < 1.29 is 22.7 Å². The highest BCUT2D eigenvalue weighted by molar-refractivity contribution is 7.89. The summed E-state index contributed by atoms with van der Waals surface area (Å²) >= 11 is 0. The normalized spacial score (nSPS) is 31.3. The molecular formula is C21H28N2O5S. The van der Waals surface area contributed by atoms with Gasteiger partial charge in [-0.15, -0.1) is 0 Å². The van der Waals surface area contributed by atoms with Gasteiger partial charge < -0.3 is 10.1 Å². The van der Waals surface area contributed by atoms with Gasteiger partial charge in [-0.05, 0) is 80.4 Å². The van der Waals surface area contributed by atoms with Crippen molar-refractivity contribution in [3.63, 3.8) is 0 Å². The zero-order chi connectivity index (χ0) is 20.8. The zero-order valence-corrected chi connectivity index (χ0v) is 17.4. The lowest BCUT2D eigenvalue weighted by molar-refractivity contribution is -0.164. The van der Waals surface area contributed by atoms with Crippen LogP contribution >= 0.6 is 0 Å². The molecule has 0 aromatic heterocycles. The second-order valence-corrected chi connectivity index (χ2v) is 10.5. The molecule has 0 spiro atoms. The Morgan fingerprint density at radius 1 is 1.07 bits per heavy atom. The third-order valence-electron chi connectivity index (χ3n) is 6.93. The van der Waals surface area contributed by atoms with Crippen molar-refractivity contribution in [3.05, 3.63) is 29.8 Å². The highest BCUT2D eigenvalue weighted by Crippen LogP contribution is 2.56. The number of hydrogen-bond acceptors (Lipinski definition) is 5. The van der Waals surface area contributed by atoms with Crippen molar-refractivity contribution >= 4 is 21.9 Å². The Kier molecular flexibility index (Phi) is 5.42. The van der Waals surface area contributed by atoms with Gasteiger partial charge in [0.25, 0.3) is 5.91 Å². The van der Waals surface area contributed by atoms with E-state index in [0.717, 1.165) is 43.1 Å². The number of hydrogen-bond donors (Lipinski definition) is 2. The molecule has 0 aliphatic heterocycles. The SMILES string of the molecule is C[C@H](NC(=O)COC(=O)C1C2CC3CC(C2)CC1C3)c1ccc(S(N)(=O)=O)cc1. The Hall–Kier alpha value is -1.93. The van der Waals surface area contributed by atoms with E-state index >= 15 is 0 Å². The van der Waals surface area contributed by atoms with Crippen LogP contribution < -0.4 is 10.5 Å². The number of rotatable bonds is 6. The first kappa shape index (κ1) is 20.3. The predicted octanol–water partition coefficient (Wildman–Crippen LogP) is 2.13. The Labute approximate surface area is 171 Å². The van der Waals surface area contributed by atoms with E-state index in [1.165, 1.54) is 18.6 Å². The van der Waals surface area contributed by atoms with Crippen LogP contribution in [0.25, 0.3) is 0 Å². The quantitative estimate of drug-likeness (QED) is 0.684. The number of carbonyl (C=O) groups is 2. The van der Waals surface area contributed by atoms with Crippen molar-refractivity contribution in [2.75, 3.05) is 6.61 Å². The van der Waals surface area contributed by atoms with Crippen LogP contribution in [0.3, 0.4) is 0 Å². The van der Waals surface area contributed by atoms with Crippen LogP contribution in [-0.2, 0) is 24.3 Å². The zero-order valence-electron chi connectivity index (χ0n) is 16.5. The summed E-state index contributed by atoms with van der Waals surface area (Å²) in [5.41, 5.74) is 0.734. The molecule has 0 heterocycles. The predicted molar refractivity (Wildman–Crippen MR) is 106 cm³/mol. The molecule has 158 valence electrons. The number of amides is 1. The Morgan fingerprint density at radius 2 is 1.62 bits per heavy atom. The van der Waals surface area contributed by atoms with E-state index in [2.05, 4.69) is 5.32 Å². The molecule has 3 N–H and O–H groups in total. The molecule has 0 unspecified atom stereocenters. The molecule has 0 radical (unpaired) electrons. The second kappa shape index (κ2) is 7.72. The van der Waals surface area contributed by atoms with E-state index in [9.17, 15) is 18.0 Å². The number of nitrogens with one attached hydrogen (secondary N) is 1. The molecule has 8 heteroatoms. The van der Waals surface area contributed by atoms with Crippen LogP contribution in [0.2, 0.25) is 0 Å². The summed E-state index contributed by atoms with van der Waals surface area (Å²) < 4.78 is 28.0. The maximum Gasteiger partial charge on any atom is 0.310 e. The molecule has 4 aliphatic rings. The summed E-state index contributed by atoms with van der Waals surface area (Å²) in [6.07, 6.45) is 5.84. The molecule has 4 bridgehead atoms. The monoisotopic (exact) mass is 420 g/mol. The fourth-order valence-electron chi connectivity index (χ4n) is 5.86. The summed E-state index contributed by atoms with van der Waals surface area (Å²) in [5.74, 6) is 1.79. The van der Waals surface area contributed by atoms with E-state index in [4.69, 9.17) is 9.88 Å². The maximum absolute atomic E-state index is 12.7. The number of ether oxygens (including phenoxy) is 1. The van der Waals surface area contributed by atoms with Gasteiger partial charge in [0.05, 0.1) is 16.9 Å². The number of carbonyl (C=O) groups excluding carboxylic acids is 2. The summed E-state index contributed by atoms with van der Waals surface area (Å²) in [7, 11) is -3.75. The van der Waals surface area contributed by atoms with E-state index in [0.29, 0.717) is 11.8 Å². The van der Waals surface area contributed by atoms with Gasteiger partial charge in [0, 0.05) is 0 Å². The third kappa shape index (κ3) is 4.33. The van der Waals surface area contributed by atoms with Gasteiger partial charge in [-0.1, -0.05) is 12.1 Å². The van der Waals surface area contributed by atoms with Crippen LogP contribution in [0, 0.1) is 29.6 Å². The van der Waals surface area contributed by atoms with Crippen molar-refractivity contribution in [2.45, 2.75) is 50.0 Å². The van der Waals surface area contributed by atoms with Crippen LogP contribution in [-0.4, -0.2) is 26.9 Å². The molecule has 4 saturated carbocycles.